The van der Waals surface area contributed by atoms with Crippen molar-refractivity contribution in [3.05, 3.63) is 70.9 Å². The van der Waals surface area contributed by atoms with E-state index in [2.05, 4.69) is 35.2 Å². The van der Waals surface area contributed by atoms with Crippen LogP contribution >= 0.6 is 11.3 Å². The second-order valence-corrected chi connectivity index (χ2v) is 7.96. The van der Waals surface area contributed by atoms with Gasteiger partial charge < -0.3 is 5.32 Å². The highest BCUT2D eigenvalue weighted by atomic mass is 32.1. The molecule has 0 bridgehead atoms. The van der Waals surface area contributed by atoms with Crippen LogP contribution in [0.5, 0.6) is 0 Å². The van der Waals surface area contributed by atoms with Gasteiger partial charge in [0, 0.05) is 24.0 Å². The summed E-state index contributed by atoms with van der Waals surface area (Å²) < 4.78 is 1.18. The molecule has 4 nitrogen and oxygen atoms in total. The van der Waals surface area contributed by atoms with E-state index in [4.69, 9.17) is 0 Å². The summed E-state index contributed by atoms with van der Waals surface area (Å²) in [6, 6.07) is 17.8. The minimum absolute atomic E-state index is 0.0587. The number of para-hydroxylation sites is 2. The maximum Gasteiger partial charge on any atom is 0.252 e. The number of thiazole rings is 1. The summed E-state index contributed by atoms with van der Waals surface area (Å²) in [6.07, 6.45) is 0.727. The summed E-state index contributed by atoms with van der Waals surface area (Å²) in [5.41, 5.74) is 3.50. The Bertz CT molecular complexity index is 1080. The van der Waals surface area contributed by atoms with Gasteiger partial charge in [0.25, 0.3) is 5.91 Å². The van der Waals surface area contributed by atoms with Crippen LogP contribution < -0.4 is 5.32 Å². The topological polar surface area (TPSA) is 54.9 Å². The van der Waals surface area contributed by atoms with E-state index in [9.17, 15) is 4.79 Å². The first kappa shape index (κ1) is 17.6. The van der Waals surface area contributed by atoms with Gasteiger partial charge in [0.2, 0.25) is 0 Å². The molecule has 4 rings (SSSR count). The molecule has 0 atom stereocenters. The van der Waals surface area contributed by atoms with Gasteiger partial charge in [0.1, 0.15) is 0 Å². The molecule has 0 aliphatic heterocycles. The Morgan fingerprint density at radius 3 is 2.56 bits per heavy atom. The molecule has 4 aromatic rings. The maximum atomic E-state index is 12.8. The third kappa shape index (κ3) is 3.69. The van der Waals surface area contributed by atoms with Crippen LogP contribution in [-0.2, 0) is 6.42 Å². The van der Waals surface area contributed by atoms with Crippen molar-refractivity contribution < 1.29 is 4.79 Å². The molecule has 0 unspecified atom stereocenters. The van der Waals surface area contributed by atoms with Crippen molar-refractivity contribution >= 4 is 38.4 Å². The van der Waals surface area contributed by atoms with Crippen LogP contribution in [0.3, 0.4) is 0 Å². The fraction of sp³-hybridized carbons (Fsp3) is 0.227. The number of hydrogen-bond acceptors (Lipinski definition) is 4. The molecule has 2 heterocycles. The van der Waals surface area contributed by atoms with Crippen molar-refractivity contribution in [2.45, 2.75) is 26.2 Å². The lowest BCUT2D eigenvalue weighted by atomic mass is 10.0. The number of amides is 1. The lowest BCUT2D eigenvalue weighted by Crippen LogP contribution is -2.26. The molecule has 0 aliphatic rings. The van der Waals surface area contributed by atoms with Crippen molar-refractivity contribution in [2.75, 3.05) is 6.54 Å². The molecule has 2 aromatic carbocycles. The highest BCUT2D eigenvalue weighted by Gasteiger charge is 2.14. The third-order valence-corrected chi connectivity index (χ3v) is 5.63. The van der Waals surface area contributed by atoms with Gasteiger partial charge >= 0.3 is 0 Å². The number of fused-ring (bicyclic) bond motifs is 2. The minimum atomic E-state index is -0.0587. The molecule has 136 valence electrons. The molecule has 0 radical (unpaired) electrons. The molecule has 1 amide bonds. The van der Waals surface area contributed by atoms with Crippen LogP contribution in [0.25, 0.3) is 21.1 Å². The Kier molecular flexibility index (Phi) is 4.86. The number of nitrogens with zero attached hydrogens (tertiary/aromatic N) is 2. The average molecular weight is 375 g/mol. The first-order valence-corrected chi connectivity index (χ1v) is 9.96. The normalized spacial score (nSPS) is 11.4. The van der Waals surface area contributed by atoms with Gasteiger partial charge in [-0.25, -0.2) is 4.98 Å². The predicted molar refractivity (Wildman–Crippen MR) is 111 cm³/mol. The van der Waals surface area contributed by atoms with Crippen molar-refractivity contribution in [1.82, 2.24) is 15.3 Å². The van der Waals surface area contributed by atoms with Crippen LogP contribution in [0.4, 0.5) is 0 Å². The van der Waals surface area contributed by atoms with Gasteiger partial charge in [0.15, 0.2) is 0 Å². The van der Waals surface area contributed by atoms with E-state index in [0.717, 1.165) is 33.5 Å². The van der Waals surface area contributed by atoms with Crippen LogP contribution in [0, 0.1) is 0 Å². The molecule has 2 aromatic heterocycles. The summed E-state index contributed by atoms with van der Waals surface area (Å²) in [5, 5.41) is 4.98. The van der Waals surface area contributed by atoms with Gasteiger partial charge in [-0.15, -0.1) is 11.3 Å². The number of nitrogens with one attached hydrogen (secondary N) is 1. The van der Waals surface area contributed by atoms with E-state index in [1.54, 1.807) is 11.3 Å². The molecule has 0 aliphatic carbocycles. The summed E-state index contributed by atoms with van der Waals surface area (Å²) in [5.74, 6) is 0.209. The number of benzene rings is 2. The standard InChI is InChI=1S/C22H21N3OS/c1-14(2)19-13-16(15-7-3-4-8-17(15)24-19)22(26)23-12-11-21-25-18-9-5-6-10-20(18)27-21/h3-10,13-14H,11-12H2,1-2H3,(H,23,26). The van der Waals surface area contributed by atoms with E-state index in [-0.39, 0.29) is 11.8 Å². The highest BCUT2D eigenvalue weighted by Crippen LogP contribution is 2.23. The van der Waals surface area contributed by atoms with Gasteiger partial charge in [-0.3, -0.25) is 9.78 Å². The molecule has 0 saturated heterocycles. The zero-order valence-electron chi connectivity index (χ0n) is 15.4. The summed E-state index contributed by atoms with van der Waals surface area (Å²) in [6.45, 7) is 4.74. The number of carbonyl (C=O) groups excluding carboxylic acids is 1. The predicted octanol–water partition coefficient (Wildman–Crippen LogP) is 4.94. The molecule has 0 saturated carbocycles. The van der Waals surface area contributed by atoms with E-state index in [0.29, 0.717) is 12.1 Å². The Morgan fingerprint density at radius 1 is 1.04 bits per heavy atom. The van der Waals surface area contributed by atoms with Gasteiger partial charge in [-0.2, -0.15) is 0 Å². The summed E-state index contributed by atoms with van der Waals surface area (Å²) in [7, 11) is 0. The molecule has 27 heavy (non-hydrogen) atoms. The molecule has 0 fully saturated rings. The smallest absolute Gasteiger partial charge is 0.252 e. The maximum absolute atomic E-state index is 12.8. The largest absolute Gasteiger partial charge is 0.352 e. The second kappa shape index (κ2) is 7.45. The highest BCUT2D eigenvalue weighted by molar-refractivity contribution is 7.18. The summed E-state index contributed by atoms with van der Waals surface area (Å²) in [4.78, 5) is 22.1. The van der Waals surface area contributed by atoms with E-state index in [1.807, 2.05) is 48.5 Å². The molecule has 1 N–H and O–H groups in total. The zero-order chi connectivity index (χ0) is 18.8. The fourth-order valence-electron chi connectivity index (χ4n) is 3.08. The zero-order valence-corrected chi connectivity index (χ0v) is 16.2. The average Bonchev–Trinajstić information content (AvgIpc) is 3.09. The van der Waals surface area contributed by atoms with Crippen LogP contribution in [0.2, 0.25) is 0 Å². The Labute approximate surface area is 162 Å². The lowest BCUT2D eigenvalue weighted by Gasteiger charge is -2.11. The van der Waals surface area contributed by atoms with Gasteiger partial charge in [-0.1, -0.05) is 44.2 Å². The number of pyridine rings is 1. The molecular formula is C22H21N3OS. The second-order valence-electron chi connectivity index (χ2n) is 6.85. The van der Waals surface area contributed by atoms with Crippen LogP contribution in [0.1, 0.15) is 40.8 Å². The Hall–Kier alpha value is -2.79. The van der Waals surface area contributed by atoms with Gasteiger partial charge in [0.05, 0.1) is 26.3 Å². The summed E-state index contributed by atoms with van der Waals surface area (Å²) >= 11 is 1.68. The quantitative estimate of drug-likeness (QED) is 0.537. The van der Waals surface area contributed by atoms with Crippen molar-refractivity contribution in [1.29, 1.82) is 0 Å². The molecule has 0 spiro atoms. The Balaban J connectivity index is 1.52. The van der Waals surface area contributed by atoms with Gasteiger partial charge in [-0.05, 0) is 30.2 Å². The van der Waals surface area contributed by atoms with E-state index in [1.165, 1.54) is 4.70 Å². The number of carbonyl (C=O) groups is 1. The Morgan fingerprint density at radius 2 is 1.78 bits per heavy atom. The van der Waals surface area contributed by atoms with Crippen LogP contribution in [-0.4, -0.2) is 22.4 Å². The van der Waals surface area contributed by atoms with Crippen molar-refractivity contribution in [3.8, 4) is 0 Å². The fourth-order valence-corrected chi connectivity index (χ4v) is 4.05. The van der Waals surface area contributed by atoms with Crippen molar-refractivity contribution in [2.24, 2.45) is 0 Å². The molecule has 5 heteroatoms. The number of hydrogen-bond donors (Lipinski definition) is 1. The first-order valence-electron chi connectivity index (χ1n) is 9.14. The monoisotopic (exact) mass is 375 g/mol. The lowest BCUT2D eigenvalue weighted by molar-refractivity contribution is 0.0955. The number of rotatable bonds is 5. The third-order valence-electron chi connectivity index (χ3n) is 4.53. The van der Waals surface area contributed by atoms with E-state index < -0.39 is 0 Å². The number of aromatic nitrogens is 2. The minimum Gasteiger partial charge on any atom is -0.352 e. The van der Waals surface area contributed by atoms with Crippen LogP contribution in [0.15, 0.2) is 54.6 Å². The first-order chi connectivity index (χ1) is 13.1. The SMILES string of the molecule is CC(C)c1cc(C(=O)NCCc2nc3ccccc3s2)c2ccccc2n1. The van der Waals surface area contributed by atoms with E-state index >= 15 is 0 Å². The van der Waals surface area contributed by atoms with Crippen molar-refractivity contribution in [3.63, 3.8) is 0 Å². The molecular weight excluding hydrogens is 354 g/mol.